The maximum absolute atomic E-state index is 2.35. The lowest BCUT2D eigenvalue weighted by molar-refractivity contribution is 1.07. The van der Waals surface area contributed by atoms with Gasteiger partial charge < -0.3 is 0 Å². The summed E-state index contributed by atoms with van der Waals surface area (Å²) in [5.74, 6) is 0. The highest BCUT2D eigenvalue weighted by Gasteiger charge is 2.25. The molecule has 18 heavy (non-hydrogen) atoms. The van der Waals surface area contributed by atoms with Crippen LogP contribution in [0.15, 0.2) is 70.5 Å². The molecule has 0 aromatic heterocycles. The molecule has 0 atom stereocenters. The van der Waals surface area contributed by atoms with E-state index in [1.54, 1.807) is 0 Å². The standard InChI is InChI=1S/2C6H6S.C3H7.Al/c2*7-6-4-2-1-3-5-6;1-3-2;/h2*1-5,7H;3H,1-2H3;/q;;;+2/p-2. The van der Waals surface area contributed by atoms with E-state index in [0.29, 0.717) is 0 Å². The van der Waals surface area contributed by atoms with Gasteiger partial charge in [0, 0.05) is 0 Å². The zero-order chi connectivity index (χ0) is 12.8. The van der Waals surface area contributed by atoms with Gasteiger partial charge in [-0.3, -0.25) is 0 Å². The molecule has 0 N–H and O–H groups in total. The number of benzene rings is 2. The minimum Gasteiger partial charge on any atom is -0.206 e. The highest BCUT2D eigenvalue weighted by atomic mass is 32.5. The Hall–Kier alpha value is -0.328. The van der Waals surface area contributed by atoms with E-state index in [0.717, 1.165) is 4.78 Å². The molecule has 0 radical (unpaired) electrons. The van der Waals surface area contributed by atoms with Gasteiger partial charge in [-0.2, -0.15) is 0 Å². The molecule has 0 aliphatic carbocycles. The summed E-state index contributed by atoms with van der Waals surface area (Å²) >= 11 is -0.927. The van der Waals surface area contributed by atoms with E-state index < -0.39 is 11.9 Å². The molecule has 0 unspecified atom stereocenters. The Morgan fingerprint density at radius 1 is 0.722 bits per heavy atom. The average Bonchev–Trinajstić information content (AvgIpc) is 2.40. The maximum Gasteiger partial charge on any atom is 0.444 e. The lowest BCUT2D eigenvalue weighted by Gasteiger charge is -2.15. The van der Waals surface area contributed by atoms with Gasteiger partial charge in [-0.05, 0) is 9.79 Å². The molecule has 2 rings (SSSR count). The Morgan fingerprint density at radius 3 is 1.44 bits per heavy atom. The highest BCUT2D eigenvalue weighted by Crippen LogP contribution is 2.38. The number of hydrogen-bond acceptors (Lipinski definition) is 2. The predicted octanol–water partition coefficient (Wildman–Crippen LogP) is 5.47. The van der Waals surface area contributed by atoms with Crippen molar-refractivity contribution >= 4 is 32.1 Å². The lowest BCUT2D eigenvalue weighted by Crippen LogP contribution is -2.07. The molecular formula is C15H17AlS2. The second-order valence-corrected chi connectivity index (χ2v) is 13.3. The van der Waals surface area contributed by atoms with Crippen LogP contribution < -0.4 is 0 Å². The van der Waals surface area contributed by atoms with E-state index in [4.69, 9.17) is 0 Å². The van der Waals surface area contributed by atoms with Crippen LogP contribution >= 0.6 is 20.3 Å². The second kappa shape index (κ2) is 7.31. The SMILES string of the molecule is C[CH](C)[Al]([S]c1ccccc1)[S]c1ccccc1. The first kappa shape index (κ1) is 14.1. The van der Waals surface area contributed by atoms with Gasteiger partial charge >= 0.3 is 11.9 Å². The summed E-state index contributed by atoms with van der Waals surface area (Å²) in [7, 11) is 4.19. The van der Waals surface area contributed by atoms with Gasteiger partial charge in [-0.25, -0.2) is 20.3 Å². The highest BCUT2D eigenvalue weighted by molar-refractivity contribution is 8.54. The molecule has 2 aromatic carbocycles. The molecule has 92 valence electrons. The summed E-state index contributed by atoms with van der Waals surface area (Å²) in [6.45, 7) is 4.70. The summed E-state index contributed by atoms with van der Waals surface area (Å²) in [6, 6.07) is 21.6. The number of hydrogen-bond donors (Lipinski definition) is 0. The fourth-order valence-corrected chi connectivity index (χ4v) is 10.1. The van der Waals surface area contributed by atoms with Gasteiger partial charge in [0.2, 0.25) is 0 Å². The fraction of sp³-hybridized carbons (Fsp3) is 0.200. The summed E-state index contributed by atoms with van der Waals surface area (Å²) in [6.07, 6.45) is 0. The molecule has 0 amide bonds. The first-order valence-corrected chi connectivity index (χ1v) is 11.4. The van der Waals surface area contributed by atoms with Crippen molar-refractivity contribution < 1.29 is 0 Å². The minimum atomic E-state index is -0.927. The Labute approximate surface area is 121 Å². The van der Waals surface area contributed by atoms with Crippen molar-refractivity contribution in [3.05, 3.63) is 60.7 Å². The minimum absolute atomic E-state index is 0.778. The van der Waals surface area contributed by atoms with Crippen molar-refractivity contribution in [2.24, 2.45) is 0 Å². The van der Waals surface area contributed by atoms with Crippen molar-refractivity contribution in [2.45, 2.75) is 28.4 Å². The van der Waals surface area contributed by atoms with Crippen LogP contribution in [0.3, 0.4) is 0 Å². The molecule has 0 nitrogen and oxygen atoms in total. The van der Waals surface area contributed by atoms with E-state index in [1.807, 2.05) is 0 Å². The Kier molecular flexibility index (Phi) is 5.72. The van der Waals surface area contributed by atoms with Gasteiger partial charge in [-0.1, -0.05) is 79.3 Å². The molecule has 0 saturated carbocycles. The zero-order valence-electron chi connectivity index (χ0n) is 10.7. The topological polar surface area (TPSA) is 0 Å². The summed E-state index contributed by atoms with van der Waals surface area (Å²) in [4.78, 5) is 2.82. The van der Waals surface area contributed by atoms with Crippen LogP contribution in [0.25, 0.3) is 0 Å². The largest absolute Gasteiger partial charge is 0.444 e. The number of rotatable bonds is 5. The van der Waals surface area contributed by atoms with Crippen LogP contribution in [-0.2, 0) is 0 Å². The molecule has 0 saturated heterocycles. The molecular weight excluding hydrogens is 271 g/mol. The van der Waals surface area contributed by atoms with Crippen molar-refractivity contribution in [1.82, 2.24) is 0 Å². The molecule has 0 fully saturated rings. The van der Waals surface area contributed by atoms with Gasteiger partial charge in [0.05, 0.1) is 0 Å². The van der Waals surface area contributed by atoms with E-state index in [9.17, 15) is 0 Å². The first-order chi connectivity index (χ1) is 8.75. The third-order valence-electron chi connectivity index (χ3n) is 2.54. The second-order valence-electron chi connectivity index (χ2n) is 4.47. The Balaban J connectivity index is 2.05. The molecule has 0 spiro atoms. The van der Waals surface area contributed by atoms with Crippen molar-refractivity contribution in [2.75, 3.05) is 0 Å². The molecule has 0 heterocycles. The van der Waals surface area contributed by atoms with Gasteiger partial charge in [-0.15, -0.1) is 0 Å². The van der Waals surface area contributed by atoms with Crippen molar-refractivity contribution in [3.8, 4) is 0 Å². The fourth-order valence-electron chi connectivity index (χ4n) is 1.56. The summed E-state index contributed by atoms with van der Waals surface area (Å²) < 4.78 is 0.778. The third-order valence-corrected chi connectivity index (χ3v) is 13.2. The summed E-state index contributed by atoms with van der Waals surface area (Å²) in [5, 5.41) is 0. The monoisotopic (exact) mass is 288 g/mol. The molecule has 2 aromatic rings. The van der Waals surface area contributed by atoms with Crippen LogP contribution in [0.5, 0.6) is 0 Å². The van der Waals surface area contributed by atoms with E-state index in [1.165, 1.54) is 9.79 Å². The zero-order valence-corrected chi connectivity index (χ0v) is 13.5. The normalized spacial score (nSPS) is 10.6. The van der Waals surface area contributed by atoms with Crippen LogP contribution in [0.1, 0.15) is 13.8 Å². The molecule has 0 aliphatic heterocycles. The lowest BCUT2D eigenvalue weighted by atomic mass is 10.4. The third kappa shape index (κ3) is 4.41. The quantitative estimate of drug-likeness (QED) is 0.669. The van der Waals surface area contributed by atoms with Crippen molar-refractivity contribution in [3.63, 3.8) is 0 Å². The maximum atomic E-state index is 2.35. The predicted molar refractivity (Wildman–Crippen MR) is 85.5 cm³/mol. The van der Waals surface area contributed by atoms with E-state index >= 15 is 0 Å². The summed E-state index contributed by atoms with van der Waals surface area (Å²) in [5.41, 5.74) is 0. The van der Waals surface area contributed by atoms with Crippen LogP contribution in [0, 0.1) is 0 Å². The molecule has 0 bridgehead atoms. The van der Waals surface area contributed by atoms with E-state index in [2.05, 4.69) is 94.8 Å². The van der Waals surface area contributed by atoms with Crippen LogP contribution in [0.4, 0.5) is 0 Å². The Morgan fingerprint density at radius 2 is 1.11 bits per heavy atom. The van der Waals surface area contributed by atoms with Gasteiger partial charge in [0.15, 0.2) is 0 Å². The van der Waals surface area contributed by atoms with E-state index in [-0.39, 0.29) is 0 Å². The smallest absolute Gasteiger partial charge is 0.206 e. The average molecular weight is 288 g/mol. The van der Waals surface area contributed by atoms with Gasteiger partial charge in [0.25, 0.3) is 0 Å². The van der Waals surface area contributed by atoms with Gasteiger partial charge in [0.1, 0.15) is 0 Å². The van der Waals surface area contributed by atoms with Crippen molar-refractivity contribution in [1.29, 1.82) is 0 Å². The van der Waals surface area contributed by atoms with Crippen LogP contribution in [0.2, 0.25) is 4.78 Å². The molecule has 3 heteroatoms. The molecule has 0 aliphatic rings. The first-order valence-electron chi connectivity index (χ1n) is 6.19. The van der Waals surface area contributed by atoms with Crippen LogP contribution in [-0.4, -0.2) is 11.9 Å². The Bertz CT molecular complexity index is 415.